The lowest BCUT2D eigenvalue weighted by molar-refractivity contribution is -0.360. The first-order chi connectivity index (χ1) is 10.2. The molecule has 0 aromatic heterocycles. The molecule has 2 aliphatic rings. The van der Waals surface area contributed by atoms with Crippen LogP contribution < -0.4 is 0 Å². The van der Waals surface area contributed by atoms with Gasteiger partial charge in [-0.15, -0.1) is 0 Å². The van der Waals surface area contributed by atoms with Crippen molar-refractivity contribution in [2.24, 2.45) is 0 Å². The molecule has 3 rings (SSSR count). The molecule has 6 nitrogen and oxygen atoms in total. The van der Waals surface area contributed by atoms with Crippen molar-refractivity contribution in [3.63, 3.8) is 0 Å². The van der Waals surface area contributed by atoms with E-state index < -0.39 is 37.0 Å². The van der Waals surface area contributed by atoms with Gasteiger partial charge in [0.15, 0.2) is 12.6 Å². The third-order valence-electron chi connectivity index (χ3n) is 3.74. The summed E-state index contributed by atoms with van der Waals surface area (Å²) in [5.74, 6) is 0. The van der Waals surface area contributed by atoms with Gasteiger partial charge < -0.3 is 29.2 Å². The van der Waals surface area contributed by atoms with Crippen molar-refractivity contribution in [2.75, 3.05) is 13.2 Å². The van der Waals surface area contributed by atoms with Gasteiger partial charge in [-0.3, -0.25) is 0 Å². The predicted octanol–water partition coefficient (Wildman–Crippen LogP) is 0.584. The zero-order chi connectivity index (χ0) is 14.8. The van der Waals surface area contributed by atoms with Crippen LogP contribution in [0.4, 0.5) is 0 Å². The highest BCUT2D eigenvalue weighted by atomic mass is 16.8. The highest BCUT2D eigenvalue weighted by Crippen LogP contribution is 2.34. The summed E-state index contributed by atoms with van der Waals surface area (Å²) in [6, 6.07) is 9.47. The van der Waals surface area contributed by atoms with Crippen LogP contribution in [-0.4, -0.2) is 54.1 Å². The van der Waals surface area contributed by atoms with Crippen LogP contribution in [0.25, 0.3) is 0 Å². The number of aliphatic hydroxyl groups excluding tert-OH is 2. The highest BCUT2D eigenvalue weighted by molar-refractivity contribution is 5.16. The van der Waals surface area contributed by atoms with E-state index in [2.05, 4.69) is 0 Å². The standard InChI is InChI=1S/C15H20O6/c1-2-18-15-12(17)11(16)13-10(20-15)8-19-14(21-13)9-6-4-3-5-7-9/h3-7,10-17H,2,8H2,1H3/t10-,11-,12-,13+,14+,15-/m1/s1. The molecule has 21 heavy (non-hydrogen) atoms. The molecular formula is C15H20O6. The Labute approximate surface area is 123 Å². The van der Waals surface area contributed by atoms with Crippen LogP contribution in [-0.2, 0) is 18.9 Å². The monoisotopic (exact) mass is 296 g/mol. The Morgan fingerprint density at radius 2 is 1.90 bits per heavy atom. The number of rotatable bonds is 3. The van der Waals surface area contributed by atoms with Crippen LogP contribution in [0.1, 0.15) is 18.8 Å². The lowest BCUT2D eigenvalue weighted by Crippen LogP contribution is -2.62. The van der Waals surface area contributed by atoms with E-state index in [4.69, 9.17) is 18.9 Å². The molecule has 2 N–H and O–H groups in total. The minimum Gasteiger partial charge on any atom is -0.387 e. The summed E-state index contributed by atoms with van der Waals surface area (Å²) in [4.78, 5) is 0. The largest absolute Gasteiger partial charge is 0.387 e. The van der Waals surface area contributed by atoms with E-state index in [9.17, 15) is 10.2 Å². The molecule has 2 saturated heterocycles. The van der Waals surface area contributed by atoms with Crippen molar-refractivity contribution in [2.45, 2.75) is 43.9 Å². The van der Waals surface area contributed by atoms with E-state index in [0.29, 0.717) is 6.61 Å². The van der Waals surface area contributed by atoms with Gasteiger partial charge in [-0.2, -0.15) is 0 Å². The Morgan fingerprint density at radius 3 is 2.62 bits per heavy atom. The van der Waals surface area contributed by atoms with Crippen LogP contribution in [0.5, 0.6) is 0 Å². The molecule has 0 amide bonds. The SMILES string of the molecule is CCO[C@@H]1O[C@@H]2CO[C@H](c3ccccc3)O[C@@H]2[C@H](O)[C@H]1O. The van der Waals surface area contributed by atoms with Crippen molar-refractivity contribution >= 4 is 0 Å². The third kappa shape index (κ3) is 2.96. The smallest absolute Gasteiger partial charge is 0.186 e. The summed E-state index contributed by atoms with van der Waals surface area (Å²) >= 11 is 0. The van der Waals surface area contributed by atoms with Gasteiger partial charge in [0.1, 0.15) is 24.4 Å². The summed E-state index contributed by atoms with van der Waals surface area (Å²) in [6.07, 6.45) is -4.74. The first-order valence-corrected chi connectivity index (χ1v) is 7.16. The van der Waals surface area contributed by atoms with E-state index in [1.807, 2.05) is 30.3 Å². The Balaban J connectivity index is 1.71. The molecule has 0 bridgehead atoms. The summed E-state index contributed by atoms with van der Waals surface area (Å²) in [6.45, 7) is 2.46. The lowest BCUT2D eigenvalue weighted by Gasteiger charge is -2.46. The van der Waals surface area contributed by atoms with Gasteiger partial charge in [-0.1, -0.05) is 30.3 Å². The molecule has 0 spiro atoms. The molecule has 2 fully saturated rings. The second-order valence-corrected chi connectivity index (χ2v) is 5.16. The number of hydrogen-bond donors (Lipinski definition) is 2. The maximum absolute atomic E-state index is 10.2. The number of hydrogen-bond acceptors (Lipinski definition) is 6. The van der Waals surface area contributed by atoms with Gasteiger partial charge in [0.2, 0.25) is 0 Å². The number of fused-ring (bicyclic) bond motifs is 1. The van der Waals surface area contributed by atoms with Gasteiger partial charge in [0.05, 0.1) is 6.61 Å². The first kappa shape index (κ1) is 14.9. The maximum atomic E-state index is 10.2. The van der Waals surface area contributed by atoms with Crippen LogP contribution in [0.2, 0.25) is 0 Å². The third-order valence-corrected chi connectivity index (χ3v) is 3.74. The topological polar surface area (TPSA) is 77.4 Å². The first-order valence-electron chi connectivity index (χ1n) is 7.16. The van der Waals surface area contributed by atoms with E-state index >= 15 is 0 Å². The molecule has 1 aromatic rings. The number of aliphatic hydroxyl groups is 2. The van der Waals surface area contributed by atoms with E-state index in [0.717, 1.165) is 5.56 Å². The molecule has 116 valence electrons. The van der Waals surface area contributed by atoms with Gasteiger partial charge in [0.25, 0.3) is 0 Å². The molecule has 1 aromatic carbocycles. The normalized spacial score (nSPS) is 39.8. The van der Waals surface area contributed by atoms with Crippen LogP contribution in [0, 0.1) is 0 Å². The Kier molecular flexibility index (Phi) is 4.54. The second-order valence-electron chi connectivity index (χ2n) is 5.16. The minimum atomic E-state index is -1.14. The zero-order valence-corrected chi connectivity index (χ0v) is 11.8. The fourth-order valence-corrected chi connectivity index (χ4v) is 2.66. The molecule has 2 heterocycles. The van der Waals surface area contributed by atoms with Gasteiger partial charge >= 0.3 is 0 Å². The van der Waals surface area contributed by atoms with E-state index in [1.54, 1.807) is 6.92 Å². The Morgan fingerprint density at radius 1 is 1.14 bits per heavy atom. The molecule has 0 radical (unpaired) electrons. The van der Waals surface area contributed by atoms with Crippen molar-refractivity contribution in [3.05, 3.63) is 35.9 Å². The minimum absolute atomic E-state index is 0.275. The molecule has 0 aliphatic carbocycles. The molecule has 0 unspecified atom stereocenters. The highest BCUT2D eigenvalue weighted by Gasteiger charge is 2.49. The lowest BCUT2D eigenvalue weighted by atomic mass is 9.98. The van der Waals surface area contributed by atoms with Crippen molar-refractivity contribution in [1.82, 2.24) is 0 Å². The fourth-order valence-electron chi connectivity index (χ4n) is 2.66. The van der Waals surface area contributed by atoms with Crippen LogP contribution in [0.15, 0.2) is 30.3 Å². The molecule has 2 aliphatic heterocycles. The Bertz CT molecular complexity index is 451. The van der Waals surface area contributed by atoms with E-state index in [-0.39, 0.29) is 6.61 Å². The average Bonchev–Trinajstić information content (AvgIpc) is 2.53. The van der Waals surface area contributed by atoms with Crippen LogP contribution in [0.3, 0.4) is 0 Å². The number of benzene rings is 1. The predicted molar refractivity (Wildman–Crippen MR) is 72.3 cm³/mol. The summed E-state index contributed by atoms with van der Waals surface area (Å²) in [7, 11) is 0. The number of ether oxygens (including phenoxy) is 4. The van der Waals surface area contributed by atoms with Gasteiger partial charge in [-0.25, -0.2) is 0 Å². The van der Waals surface area contributed by atoms with Crippen LogP contribution >= 0.6 is 0 Å². The Hall–Kier alpha value is -1.02. The van der Waals surface area contributed by atoms with Gasteiger partial charge in [-0.05, 0) is 6.92 Å². The molecule has 6 heteroatoms. The summed E-state index contributed by atoms with van der Waals surface area (Å²) in [5, 5.41) is 20.3. The molecule has 6 atom stereocenters. The van der Waals surface area contributed by atoms with Crippen molar-refractivity contribution < 1.29 is 29.2 Å². The molecule has 0 saturated carbocycles. The summed E-state index contributed by atoms with van der Waals surface area (Å²) < 4.78 is 22.3. The summed E-state index contributed by atoms with van der Waals surface area (Å²) in [5.41, 5.74) is 0.865. The average molecular weight is 296 g/mol. The van der Waals surface area contributed by atoms with Crippen molar-refractivity contribution in [1.29, 1.82) is 0 Å². The van der Waals surface area contributed by atoms with Crippen molar-refractivity contribution in [3.8, 4) is 0 Å². The fraction of sp³-hybridized carbons (Fsp3) is 0.600. The quantitative estimate of drug-likeness (QED) is 0.850. The second kappa shape index (κ2) is 6.39. The van der Waals surface area contributed by atoms with E-state index in [1.165, 1.54) is 0 Å². The zero-order valence-electron chi connectivity index (χ0n) is 11.8. The molecular weight excluding hydrogens is 276 g/mol. The maximum Gasteiger partial charge on any atom is 0.186 e. The van der Waals surface area contributed by atoms with Gasteiger partial charge in [0, 0.05) is 12.2 Å².